The Morgan fingerprint density at radius 2 is 1.29 bits per heavy atom. The third-order valence-electron chi connectivity index (χ3n) is 10.6. The second kappa shape index (κ2) is 20.6. The fraction of sp³-hybridized carbons (Fsp3) is 0.364. The van der Waals surface area contributed by atoms with E-state index in [1.807, 2.05) is 6.92 Å². The lowest BCUT2D eigenvalue weighted by atomic mass is 9.94. The van der Waals surface area contributed by atoms with Crippen molar-refractivity contribution in [2.45, 2.75) is 88.7 Å². The Morgan fingerprint density at radius 1 is 0.788 bits per heavy atom. The van der Waals surface area contributed by atoms with Crippen LogP contribution in [0.25, 0.3) is 0 Å². The van der Waals surface area contributed by atoms with Gasteiger partial charge in [0.2, 0.25) is 0 Å². The SMILES string of the molecule is CC(O)(c1ccc(Br)cc1)C(F)(F)F.CC(O)(c1ccc(C(=O)O)cc1)C(F)(F)F.C[C@@H]1[C@H](NC(=O)c2ccc(C(C)(C)O)cc2)CCCN1c1cnc(C(N)=O)c(Nc2cnn(C)c2)n1. The van der Waals surface area contributed by atoms with Gasteiger partial charge in [0.25, 0.3) is 11.8 Å². The number of nitrogens with two attached hydrogens (primary N) is 1. The highest BCUT2D eigenvalue weighted by Gasteiger charge is 2.52. The van der Waals surface area contributed by atoms with Gasteiger partial charge in [0.1, 0.15) is 5.82 Å². The summed E-state index contributed by atoms with van der Waals surface area (Å²) in [5.74, 6) is -1.28. The van der Waals surface area contributed by atoms with Crippen LogP contribution in [0, 0.1) is 0 Å². The van der Waals surface area contributed by atoms with Crippen LogP contribution >= 0.6 is 15.9 Å². The van der Waals surface area contributed by atoms with Crippen molar-refractivity contribution in [3.63, 3.8) is 0 Å². The smallest absolute Gasteiger partial charge is 0.421 e. The fourth-order valence-corrected chi connectivity index (χ4v) is 6.65. The van der Waals surface area contributed by atoms with Crippen molar-refractivity contribution in [3.05, 3.63) is 129 Å². The molecule has 3 heterocycles. The molecule has 0 bridgehead atoms. The van der Waals surface area contributed by atoms with E-state index in [9.17, 15) is 56.0 Å². The number of aromatic carboxylic acids is 1. The van der Waals surface area contributed by atoms with E-state index >= 15 is 0 Å². The number of anilines is 3. The monoisotopic (exact) mass is 994 g/mol. The number of carbonyl (C=O) groups excluding carboxylic acids is 2. The van der Waals surface area contributed by atoms with Crippen molar-refractivity contribution in [2.24, 2.45) is 12.8 Å². The summed E-state index contributed by atoms with van der Waals surface area (Å²) in [6.45, 7) is 7.51. The lowest BCUT2D eigenvalue weighted by Crippen LogP contribution is -2.54. The quantitative estimate of drug-likeness (QED) is 0.0678. The number of carboxylic acids is 1. The lowest BCUT2D eigenvalue weighted by molar-refractivity contribution is -0.259. The molecule has 4 atom stereocenters. The molecular formula is C44H49BrF6N8O7. The molecule has 22 heteroatoms. The van der Waals surface area contributed by atoms with Crippen molar-refractivity contribution in [3.8, 4) is 0 Å². The molecule has 8 N–H and O–H groups in total. The molecule has 0 saturated carbocycles. The van der Waals surface area contributed by atoms with E-state index in [1.54, 1.807) is 62.2 Å². The van der Waals surface area contributed by atoms with E-state index in [0.717, 1.165) is 56.1 Å². The van der Waals surface area contributed by atoms with Crippen LogP contribution < -0.4 is 21.3 Å². The number of nitrogens with one attached hydrogen (secondary N) is 2. The highest BCUT2D eigenvalue weighted by molar-refractivity contribution is 9.10. The van der Waals surface area contributed by atoms with Crippen LogP contribution in [0.1, 0.15) is 95.4 Å². The molecule has 15 nitrogen and oxygen atoms in total. The molecule has 0 spiro atoms. The molecule has 0 radical (unpaired) electrons. The second-order valence-corrected chi connectivity index (χ2v) is 17.1. The first kappa shape index (κ1) is 52.5. The number of aryl methyl sites for hydroxylation is 1. The molecule has 5 aromatic rings. The van der Waals surface area contributed by atoms with Crippen LogP contribution in [0.4, 0.5) is 43.7 Å². The number of primary amides is 1. The second-order valence-electron chi connectivity index (χ2n) is 16.1. The summed E-state index contributed by atoms with van der Waals surface area (Å²) in [5, 5.41) is 47.6. The first-order valence-corrected chi connectivity index (χ1v) is 20.7. The third-order valence-corrected chi connectivity index (χ3v) is 11.1. The van der Waals surface area contributed by atoms with Gasteiger partial charge < -0.3 is 41.7 Å². The Morgan fingerprint density at radius 3 is 1.74 bits per heavy atom. The molecule has 6 rings (SSSR count). The number of carboxylic acid groups (broad SMARTS) is 1. The van der Waals surface area contributed by atoms with Gasteiger partial charge in [0, 0.05) is 41.9 Å². The Kier molecular flexibility index (Phi) is 16.4. The Balaban J connectivity index is 0.000000261. The Bertz CT molecular complexity index is 2460. The van der Waals surface area contributed by atoms with E-state index in [4.69, 9.17) is 10.8 Å². The van der Waals surface area contributed by atoms with Gasteiger partial charge in [-0.15, -0.1) is 0 Å². The van der Waals surface area contributed by atoms with Crippen molar-refractivity contribution in [1.82, 2.24) is 25.1 Å². The molecule has 2 amide bonds. The summed E-state index contributed by atoms with van der Waals surface area (Å²) in [6, 6.07) is 16.1. The number of amides is 2. The van der Waals surface area contributed by atoms with Gasteiger partial charge in [-0.3, -0.25) is 14.3 Å². The normalized spacial score (nSPS) is 17.1. The van der Waals surface area contributed by atoms with E-state index in [-0.39, 0.29) is 40.6 Å². The van der Waals surface area contributed by atoms with Gasteiger partial charge in [0.05, 0.1) is 29.2 Å². The molecule has 1 aliphatic heterocycles. The summed E-state index contributed by atoms with van der Waals surface area (Å²) in [5.41, 5.74) is 0.0147. The van der Waals surface area contributed by atoms with Crippen molar-refractivity contribution < 1.29 is 61.2 Å². The van der Waals surface area contributed by atoms with Gasteiger partial charge >= 0.3 is 18.3 Å². The highest BCUT2D eigenvalue weighted by atomic mass is 79.9. The first-order valence-electron chi connectivity index (χ1n) is 19.9. The van der Waals surface area contributed by atoms with Crippen LogP contribution in [0.15, 0.2) is 95.9 Å². The molecule has 2 unspecified atom stereocenters. The summed E-state index contributed by atoms with van der Waals surface area (Å²) < 4.78 is 76.6. The Hall–Kier alpha value is -6.10. The molecule has 3 aromatic carbocycles. The molecule has 66 heavy (non-hydrogen) atoms. The number of halogens is 7. The van der Waals surface area contributed by atoms with Gasteiger partial charge in [0.15, 0.2) is 22.7 Å². The summed E-state index contributed by atoms with van der Waals surface area (Å²) in [4.78, 5) is 46.4. The third kappa shape index (κ3) is 13.0. The van der Waals surface area contributed by atoms with Gasteiger partial charge in [-0.1, -0.05) is 52.3 Å². The minimum absolute atomic E-state index is 0.0339. The van der Waals surface area contributed by atoms with Crippen LogP contribution in [0.2, 0.25) is 0 Å². The summed E-state index contributed by atoms with van der Waals surface area (Å²) in [6.07, 6.45) is -2.91. The predicted molar refractivity (Wildman–Crippen MR) is 235 cm³/mol. The lowest BCUT2D eigenvalue weighted by Gasteiger charge is -2.40. The van der Waals surface area contributed by atoms with Crippen molar-refractivity contribution in [2.75, 3.05) is 16.8 Å². The van der Waals surface area contributed by atoms with Gasteiger partial charge in [-0.05, 0) is 101 Å². The van der Waals surface area contributed by atoms with Crippen LogP contribution in [0.3, 0.4) is 0 Å². The van der Waals surface area contributed by atoms with E-state index < -0.39 is 46.6 Å². The van der Waals surface area contributed by atoms with Crippen molar-refractivity contribution >= 4 is 51.0 Å². The zero-order chi connectivity index (χ0) is 49.6. The fourth-order valence-electron chi connectivity index (χ4n) is 6.39. The number of piperidine rings is 1. The molecule has 2 aromatic heterocycles. The number of alkyl halides is 6. The maximum absolute atomic E-state index is 13.0. The number of hydrogen-bond acceptors (Lipinski definition) is 11. The average molecular weight is 996 g/mol. The zero-order valence-corrected chi connectivity index (χ0v) is 38.0. The maximum Gasteiger partial charge on any atom is 0.421 e. The highest BCUT2D eigenvalue weighted by Crippen LogP contribution is 2.39. The molecule has 1 fully saturated rings. The number of aliphatic hydroxyl groups is 3. The predicted octanol–water partition coefficient (Wildman–Crippen LogP) is 7.44. The molecule has 1 saturated heterocycles. The van der Waals surface area contributed by atoms with E-state index in [2.05, 4.69) is 46.5 Å². The van der Waals surface area contributed by atoms with Crippen LogP contribution in [-0.4, -0.2) is 88.9 Å². The number of carbonyl (C=O) groups is 3. The Labute approximate surface area is 383 Å². The standard InChI is InChI=1S/C25H32N8O3.C10H9F3O3.C9H8BrF3O/c1-15-19(30-24(35)16-7-9-17(10-8-16)25(2,3)36)6-5-11-33(15)20-13-27-21(22(26)34)23(31-20)29-18-12-28-32(4)14-18;1-9(16,10(11,12)13)7-4-2-6(3-5-7)8(14)15;1-8(14,9(11,12)13)6-2-4-7(10)5-3-6/h7-10,12-15,19,36H,5-6,11H2,1-4H3,(H2,26,34)(H,29,31)(H,30,35);2-5,16H,1H3,(H,14,15);2-5,14H,1H3/t15-,19-;;/m1../s1. The number of benzene rings is 3. The van der Waals surface area contributed by atoms with Crippen molar-refractivity contribution in [1.29, 1.82) is 0 Å². The summed E-state index contributed by atoms with van der Waals surface area (Å²) >= 11 is 3.10. The number of hydrogen-bond donors (Lipinski definition) is 7. The topological polar surface area (TPSA) is 229 Å². The molecule has 356 valence electrons. The number of nitrogens with zero attached hydrogens (tertiary/aromatic N) is 5. The number of rotatable bonds is 10. The largest absolute Gasteiger partial charge is 0.478 e. The number of aromatic nitrogens is 4. The summed E-state index contributed by atoms with van der Waals surface area (Å²) in [7, 11) is 1.79. The van der Waals surface area contributed by atoms with Crippen LogP contribution in [0.5, 0.6) is 0 Å². The zero-order valence-electron chi connectivity index (χ0n) is 36.4. The minimum atomic E-state index is -4.81. The van der Waals surface area contributed by atoms with E-state index in [1.165, 1.54) is 30.5 Å². The molecule has 1 aliphatic rings. The average Bonchev–Trinajstić information content (AvgIpc) is 3.64. The van der Waals surface area contributed by atoms with E-state index in [0.29, 0.717) is 28.5 Å². The minimum Gasteiger partial charge on any atom is -0.478 e. The molecular weight excluding hydrogens is 946 g/mol. The van der Waals surface area contributed by atoms with Gasteiger partial charge in [-0.2, -0.15) is 31.4 Å². The first-order chi connectivity index (χ1) is 30.4. The van der Waals surface area contributed by atoms with Crippen LogP contribution in [-0.2, 0) is 23.9 Å². The molecule has 0 aliphatic carbocycles. The van der Waals surface area contributed by atoms with Gasteiger partial charge in [-0.25, -0.2) is 14.8 Å². The maximum atomic E-state index is 13.0.